The van der Waals surface area contributed by atoms with Crippen molar-refractivity contribution in [1.29, 1.82) is 0 Å². The van der Waals surface area contributed by atoms with Crippen molar-refractivity contribution >= 4 is 10.1 Å². The van der Waals surface area contributed by atoms with Gasteiger partial charge in [0.25, 0.3) is 10.1 Å². The van der Waals surface area contributed by atoms with Crippen LogP contribution in [0.2, 0.25) is 0 Å². The first kappa shape index (κ1) is 16.3. The molecule has 0 rings (SSSR count). The van der Waals surface area contributed by atoms with Crippen LogP contribution in [0.4, 0.5) is 0 Å². The van der Waals surface area contributed by atoms with E-state index in [9.17, 15) is 8.42 Å². The standard InChI is InChI=1S/C7H16O4S.Na.H/c1-2-3-4-5-7(8)6-12(9,10)11;;/h7-8H,2-6H2,1H3,(H,9,10,11);;/q;+1;-1. The van der Waals surface area contributed by atoms with Crippen molar-refractivity contribution < 1.29 is 49.1 Å². The number of aliphatic hydroxyl groups is 1. The largest absolute Gasteiger partial charge is 1.00 e. The van der Waals surface area contributed by atoms with Gasteiger partial charge in [-0.05, 0) is 6.42 Å². The van der Waals surface area contributed by atoms with Crippen molar-refractivity contribution in [3.63, 3.8) is 0 Å². The first-order valence-electron chi connectivity index (χ1n) is 4.09. The van der Waals surface area contributed by atoms with Crippen LogP contribution in [-0.2, 0) is 10.1 Å². The normalized spacial score (nSPS) is 13.5. The van der Waals surface area contributed by atoms with Gasteiger partial charge in [-0.2, -0.15) is 8.42 Å². The zero-order valence-electron chi connectivity index (χ0n) is 9.23. The summed E-state index contributed by atoms with van der Waals surface area (Å²) in [6.45, 7) is 2.02. The van der Waals surface area contributed by atoms with Gasteiger partial charge in [0.05, 0.1) is 6.10 Å². The van der Waals surface area contributed by atoms with Crippen molar-refractivity contribution in [1.82, 2.24) is 0 Å². The SMILES string of the molecule is CCCCCC(O)CS(=O)(=O)O.[H-].[Na+]. The maximum Gasteiger partial charge on any atom is 1.00 e. The molecule has 1 atom stereocenters. The van der Waals surface area contributed by atoms with E-state index in [0.29, 0.717) is 6.42 Å². The molecule has 0 aliphatic carbocycles. The molecule has 0 fully saturated rings. The molecule has 0 aliphatic heterocycles. The molecule has 6 heteroatoms. The molecule has 76 valence electrons. The minimum atomic E-state index is -4.01. The van der Waals surface area contributed by atoms with E-state index >= 15 is 0 Å². The molecule has 13 heavy (non-hydrogen) atoms. The van der Waals surface area contributed by atoms with E-state index in [1.54, 1.807) is 0 Å². The van der Waals surface area contributed by atoms with Crippen LogP contribution in [0.1, 0.15) is 34.0 Å². The second-order valence-corrected chi connectivity index (χ2v) is 4.40. The van der Waals surface area contributed by atoms with Gasteiger partial charge in [-0.3, -0.25) is 4.55 Å². The van der Waals surface area contributed by atoms with Gasteiger partial charge in [-0.15, -0.1) is 0 Å². The Morgan fingerprint density at radius 2 is 1.92 bits per heavy atom. The predicted molar refractivity (Wildman–Crippen MR) is 47.7 cm³/mol. The Labute approximate surface area is 103 Å². The third-order valence-electron chi connectivity index (χ3n) is 1.54. The van der Waals surface area contributed by atoms with E-state index in [4.69, 9.17) is 9.66 Å². The Balaban J connectivity index is -0.000000605. The fraction of sp³-hybridized carbons (Fsp3) is 1.00. The van der Waals surface area contributed by atoms with E-state index in [1.807, 2.05) is 6.92 Å². The van der Waals surface area contributed by atoms with Crippen LogP contribution in [0.5, 0.6) is 0 Å². The third-order valence-corrected chi connectivity index (χ3v) is 2.35. The molecule has 0 bridgehead atoms. The van der Waals surface area contributed by atoms with Gasteiger partial charge in [0, 0.05) is 0 Å². The maximum atomic E-state index is 10.3. The fourth-order valence-corrected chi connectivity index (χ4v) is 1.61. The summed E-state index contributed by atoms with van der Waals surface area (Å²) in [5, 5.41) is 9.07. The van der Waals surface area contributed by atoms with Crippen LogP contribution in [0, 0.1) is 0 Å². The average molecular weight is 220 g/mol. The Bertz CT molecular complexity index is 208. The molecule has 2 N–H and O–H groups in total. The summed E-state index contributed by atoms with van der Waals surface area (Å²) in [5.41, 5.74) is 0. The topological polar surface area (TPSA) is 74.6 Å². The zero-order valence-corrected chi connectivity index (χ0v) is 11.0. The van der Waals surface area contributed by atoms with E-state index in [1.165, 1.54) is 0 Å². The summed E-state index contributed by atoms with van der Waals surface area (Å²) in [6.07, 6.45) is 2.31. The molecule has 0 aromatic carbocycles. The van der Waals surface area contributed by atoms with Crippen molar-refractivity contribution in [2.45, 2.75) is 38.7 Å². The summed E-state index contributed by atoms with van der Waals surface area (Å²) in [6, 6.07) is 0. The minimum absolute atomic E-state index is 0. The molecule has 0 spiro atoms. The van der Waals surface area contributed by atoms with E-state index < -0.39 is 22.0 Å². The summed E-state index contributed by atoms with van der Waals surface area (Å²) in [7, 11) is -4.01. The van der Waals surface area contributed by atoms with Crippen LogP contribution in [0.3, 0.4) is 0 Å². The smallest absolute Gasteiger partial charge is 1.00 e. The molecule has 0 radical (unpaired) electrons. The molecule has 1 unspecified atom stereocenters. The third kappa shape index (κ3) is 12.9. The van der Waals surface area contributed by atoms with Crippen molar-refractivity contribution in [2.24, 2.45) is 0 Å². The molecule has 0 aromatic heterocycles. The van der Waals surface area contributed by atoms with Crippen LogP contribution >= 0.6 is 0 Å². The van der Waals surface area contributed by atoms with Crippen LogP contribution in [-0.4, -0.2) is 29.9 Å². The van der Waals surface area contributed by atoms with E-state index in [2.05, 4.69) is 0 Å². The first-order chi connectivity index (χ1) is 5.45. The van der Waals surface area contributed by atoms with Crippen LogP contribution in [0.25, 0.3) is 0 Å². The summed E-state index contributed by atoms with van der Waals surface area (Å²) < 4.78 is 28.9. The second-order valence-electron chi connectivity index (χ2n) is 2.90. The van der Waals surface area contributed by atoms with Gasteiger partial charge < -0.3 is 6.53 Å². The quantitative estimate of drug-likeness (QED) is 0.306. The Morgan fingerprint density at radius 1 is 1.38 bits per heavy atom. The molecule has 0 saturated heterocycles. The Hall–Kier alpha value is 0.870. The number of hydrogen-bond acceptors (Lipinski definition) is 3. The van der Waals surface area contributed by atoms with Crippen LogP contribution in [0.15, 0.2) is 0 Å². The molecule has 0 saturated carbocycles. The molecular weight excluding hydrogens is 203 g/mol. The van der Waals surface area contributed by atoms with Crippen molar-refractivity contribution in [3.8, 4) is 0 Å². The average Bonchev–Trinajstić information content (AvgIpc) is 1.84. The van der Waals surface area contributed by atoms with Gasteiger partial charge in [0.15, 0.2) is 0 Å². The summed E-state index contributed by atoms with van der Waals surface area (Å²) in [4.78, 5) is 0. The first-order valence-corrected chi connectivity index (χ1v) is 5.70. The number of hydrogen-bond donors (Lipinski definition) is 2. The minimum Gasteiger partial charge on any atom is -1.00 e. The molecule has 0 heterocycles. The number of aliphatic hydroxyl groups excluding tert-OH is 1. The maximum absolute atomic E-state index is 10.3. The molecule has 0 amide bonds. The van der Waals surface area contributed by atoms with Gasteiger partial charge in [-0.25, -0.2) is 0 Å². The van der Waals surface area contributed by atoms with E-state index in [-0.39, 0.29) is 31.0 Å². The molecular formula is C7H17NaO4S. The van der Waals surface area contributed by atoms with Gasteiger partial charge in [0.1, 0.15) is 5.75 Å². The molecule has 4 nitrogen and oxygen atoms in total. The van der Waals surface area contributed by atoms with Crippen molar-refractivity contribution in [3.05, 3.63) is 0 Å². The number of rotatable bonds is 6. The summed E-state index contributed by atoms with van der Waals surface area (Å²) in [5.74, 6) is -0.545. The predicted octanol–water partition coefficient (Wildman–Crippen LogP) is -2.07. The second kappa shape index (κ2) is 8.20. The van der Waals surface area contributed by atoms with Crippen molar-refractivity contribution in [2.75, 3.05) is 5.75 Å². The van der Waals surface area contributed by atoms with Gasteiger partial charge >= 0.3 is 29.6 Å². The zero-order chi connectivity index (χ0) is 9.61. The van der Waals surface area contributed by atoms with Gasteiger partial charge in [-0.1, -0.05) is 26.2 Å². The molecule has 0 aliphatic rings. The van der Waals surface area contributed by atoms with E-state index in [0.717, 1.165) is 19.3 Å². The monoisotopic (exact) mass is 220 g/mol. The molecule has 0 aromatic rings. The Morgan fingerprint density at radius 3 is 2.31 bits per heavy atom. The number of unbranched alkanes of at least 4 members (excludes halogenated alkanes) is 2. The van der Waals surface area contributed by atoms with Gasteiger partial charge in [0.2, 0.25) is 0 Å². The summed E-state index contributed by atoms with van der Waals surface area (Å²) >= 11 is 0. The fourth-order valence-electron chi connectivity index (χ4n) is 0.956. The Kier molecular flexibility index (Phi) is 10.3. The van der Waals surface area contributed by atoms with Crippen LogP contribution < -0.4 is 29.6 Å².